The van der Waals surface area contributed by atoms with Crippen LogP contribution in [0.15, 0.2) is 0 Å². The van der Waals surface area contributed by atoms with Crippen molar-refractivity contribution in [1.82, 2.24) is 85.1 Å². The van der Waals surface area contributed by atoms with Gasteiger partial charge >= 0.3 is 0 Å². The maximum absolute atomic E-state index is 6.45. The standard InChI is InChI=1S/2C40H72N8O8.2ClH/c2*1-49-25-21-23(27(51-3)31(55-7)29(25)53-5)39-46-37(21)44-35-19-15-11-9-13-17(19)33(42-35)41-34-18-14-10-12-16-20(18)36(43-34)45-38-22-24(40(47-38)48-39)28(52-4)32(56-8)30(54-6)26(22)50-2;;/h2*17-48H,9-16H2,1-8H3;2*1H. The summed E-state index contributed by atoms with van der Waals surface area (Å²) in [6.07, 6.45) is 15.5. The van der Waals surface area contributed by atoms with Gasteiger partial charge in [-0.1, -0.05) is 51.4 Å². The quantitative estimate of drug-likeness (QED) is 0.0971. The predicted octanol–water partition coefficient (Wildman–Crippen LogP) is 0.0532. The highest BCUT2D eigenvalue weighted by Crippen LogP contribution is 2.53. The molecule has 0 spiro atoms. The van der Waals surface area contributed by atoms with Crippen LogP contribution in [0.1, 0.15) is 103 Å². The van der Waals surface area contributed by atoms with Gasteiger partial charge in [0.1, 0.15) is 48.8 Å². The lowest BCUT2D eigenvalue weighted by atomic mass is 9.70. The van der Waals surface area contributed by atoms with Crippen molar-refractivity contribution in [2.45, 2.75) is 299 Å². The minimum Gasteiger partial charge on any atom is -0.378 e. The highest BCUT2D eigenvalue weighted by atomic mass is 35.5. The lowest BCUT2D eigenvalue weighted by Gasteiger charge is -2.50. The molecule has 16 N–H and O–H groups in total. The van der Waals surface area contributed by atoms with Gasteiger partial charge in [-0.2, -0.15) is 0 Å². The first-order chi connectivity index (χ1) is 54.8. The highest BCUT2D eigenvalue weighted by molar-refractivity contribution is 5.85. The second-order valence-corrected chi connectivity index (χ2v) is 36.6. The SMILES string of the molecule is COC1C(OC)C(OC)C2C3NC(NC4NC(NC5NC(NC6NC(N3)C3C(OC)C(OC)C(OC)C(OC)C63)C3CCCCC53)C3CCCCC43)C2C1OC.COC1C(OC)C(OC)C2C3NC(NC4NC(NC5NC(NC6NC(N3)C3C(OC)C(OC)C(OC)C(OC)C63)C3CCCCC53)C3CCCCC43)C2C1OC.Cl.Cl. The number of fused-ring (bicyclic) bond motifs is 40. The molecule has 8 aliphatic carbocycles. The van der Waals surface area contributed by atoms with Gasteiger partial charge in [0.15, 0.2) is 0 Å². The van der Waals surface area contributed by atoms with E-state index in [9.17, 15) is 0 Å². The molecule has 0 radical (unpaired) electrons. The third-order valence-corrected chi connectivity index (χ3v) is 32.8. The Morgan fingerprint density at radius 1 is 0.132 bits per heavy atom. The fourth-order valence-corrected chi connectivity index (χ4v) is 28.5. The van der Waals surface area contributed by atoms with E-state index in [1.54, 1.807) is 114 Å². The van der Waals surface area contributed by atoms with Crippen molar-refractivity contribution in [3.05, 3.63) is 0 Å². The number of hydrogen-bond acceptors (Lipinski definition) is 32. The molecule has 34 heteroatoms. The van der Waals surface area contributed by atoms with E-state index in [0.29, 0.717) is 47.3 Å². The Morgan fingerprint density at radius 2 is 0.219 bits per heavy atom. The first kappa shape index (κ1) is 88.2. The van der Waals surface area contributed by atoms with Crippen LogP contribution < -0.4 is 85.1 Å². The largest absolute Gasteiger partial charge is 0.378 e. The summed E-state index contributed by atoms with van der Waals surface area (Å²) in [5.41, 5.74) is 0. The first-order valence-electron chi connectivity index (χ1n) is 43.5. The number of methoxy groups -OCH3 is 16. The van der Waals surface area contributed by atoms with Crippen molar-refractivity contribution in [2.24, 2.45) is 94.7 Å². The molecule has 18 rings (SSSR count). The number of halogens is 2. The average Bonchev–Trinajstić information content (AvgIpc) is 1.56. The Kier molecular flexibility index (Phi) is 29.4. The normalized spacial score (nSPS) is 54.3. The summed E-state index contributed by atoms with van der Waals surface area (Å²) >= 11 is 0. The van der Waals surface area contributed by atoms with E-state index in [1.165, 1.54) is 103 Å². The molecule has 0 aromatic carbocycles. The van der Waals surface area contributed by atoms with Crippen molar-refractivity contribution in [3.8, 4) is 0 Å². The van der Waals surface area contributed by atoms with Gasteiger partial charge in [-0.05, 0) is 98.7 Å². The maximum atomic E-state index is 6.45. The topological polar surface area (TPSA) is 340 Å². The second-order valence-electron chi connectivity index (χ2n) is 36.6. The van der Waals surface area contributed by atoms with Crippen LogP contribution in [0.2, 0.25) is 0 Å². The molecule has 656 valence electrons. The summed E-state index contributed by atoms with van der Waals surface area (Å²) in [4.78, 5) is 0. The molecule has 0 amide bonds. The van der Waals surface area contributed by atoms with Gasteiger partial charge in [-0.25, -0.2) is 0 Å². The van der Waals surface area contributed by atoms with E-state index in [-0.39, 0.29) is 268 Å². The molecular weight excluding hydrogens is 1510 g/mol. The second kappa shape index (κ2) is 38.0. The molecule has 8 saturated carbocycles. The van der Waals surface area contributed by atoms with Gasteiger partial charge in [-0.15, -0.1) is 24.8 Å². The zero-order chi connectivity index (χ0) is 77.7. The molecule has 10 saturated heterocycles. The zero-order valence-electron chi connectivity index (χ0n) is 70.4. The van der Waals surface area contributed by atoms with Crippen molar-refractivity contribution in [2.75, 3.05) is 114 Å². The summed E-state index contributed by atoms with van der Waals surface area (Å²) in [6.45, 7) is 0. The molecule has 48 unspecified atom stereocenters. The minimum absolute atomic E-state index is 0. The monoisotopic (exact) mass is 1660 g/mol. The summed E-state index contributed by atoms with van der Waals surface area (Å²) in [7, 11) is 28.4. The number of ether oxygens (including phenoxy) is 16. The molecule has 0 aromatic heterocycles. The van der Waals surface area contributed by atoms with E-state index in [0.717, 1.165) is 0 Å². The van der Waals surface area contributed by atoms with Crippen LogP contribution in [0.4, 0.5) is 0 Å². The first-order valence-corrected chi connectivity index (χ1v) is 43.5. The van der Waals surface area contributed by atoms with E-state index in [2.05, 4.69) is 85.1 Å². The number of nitrogens with one attached hydrogen (secondary N) is 16. The Balaban J connectivity index is 0.000000177. The smallest absolute Gasteiger partial charge is 0.112 e. The maximum Gasteiger partial charge on any atom is 0.112 e. The van der Waals surface area contributed by atoms with E-state index in [1.807, 2.05) is 0 Å². The van der Waals surface area contributed by atoms with Gasteiger partial charge < -0.3 is 75.8 Å². The van der Waals surface area contributed by atoms with Crippen molar-refractivity contribution in [1.29, 1.82) is 0 Å². The third kappa shape index (κ3) is 15.1. The van der Waals surface area contributed by atoms with Crippen LogP contribution >= 0.6 is 24.8 Å². The molecule has 0 aromatic rings. The van der Waals surface area contributed by atoms with Crippen molar-refractivity contribution < 1.29 is 75.8 Å². The summed E-state index contributed by atoms with van der Waals surface area (Å²) in [5, 5.41) is 66.6. The molecule has 16 bridgehead atoms. The summed E-state index contributed by atoms with van der Waals surface area (Å²) in [5.74, 6) is 4.12. The van der Waals surface area contributed by atoms with Gasteiger partial charge in [0, 0.05) is 161 Å². The van der Waals surface area contributed by atoms with Crippen LogP contribution in [-0.2, 0) is 75.8 Å². The fraction of sp³-hybridized carbons (Fsp3) is 1.00. The van der Waals surface area contributed by atoms with Gasteiger partial charge in [0.05, 0.1) is 147 Å². The Morgan fingerprint density at radius 3 is 0.316 bits per heavy atom. The van der Waals surface area contributed by atoms with Crippen molar-refractivity contribution >= 4 is 24.8 Å². The van der Waals surface area contributed by atoms with Gasteiger partial charge in [-0.3, -0.25) is 85.1 Å². The van der Waals surface area contributed by atoms with E-state index < -0.39 is 0 Å². The van der Waals surface area contributed by atoms with E-state index >= 15 is 0 Å². The molecule has 10 aliphatic heterocycles. The molecule has 114 heavy (non-hydrogen) atoms. The summed E-state index contributed by atoms with van der Waals surface area (Å²) in [6, 6.07) is 0. The zero-order valence-corrected chi connectivity index (χ0v) is 72.0. The molecule has 18 aliphatic rings. The Labute approximate surface area is 689 Å². The van der Waals surface area contributed by atoms with Crippen LogP contribution in [0.3, 0.4) is 0 Å². The Hall–Kier alpha value is -0.700. The molecule has 18 fully saturated rings. The molecular formula is C80H146Cl2N16O16. The molecule has 32 nitrogen and oxygen atoms in total. The third-order valence-electron chi connectivity index (χ3n) is 32.8. The fourth-order valence-electron chi connectivity index (χ4n) is 28.5. The van der Waals surface area contributed by atoms with E-state index in [4.69, 9.17) is 75.8 Å². The van der Waals surface area contributed by atoms with Crippen LogP contribution in [0.5, 0.6) is 0 Å². The van der Waals surface area contributed by atoms with Crippen LogP contribution in [0.25, 0.3) is 0 Å². The average molecular weight is 1660 g/mol. The minimum atomic E-state index is -0.334. The summed E-state index contributed by atoms with van der Waals surface area (Å²) < 4.78 is 101. The predicted molar refractivity (Wildman–Crippen MR) is 428 cm³/mol. The lowest BCUT2D eigenvalue weighted by molar-refractivity contribution is -0.218. The van der Waals surface area contributed by atoms with Crippen molar-refractivity contribution in [3.63, 3.8) is 0 Å². The molecule has 48 atom stereocenters. The number of rotatable bonds is 16. The van der Waals surface area contributed by atoms with Gasteiger partial charge in [0.2, 0.25) is 0 Å². The highest BCUT2D eigenvalue weighted by Gasteiger charge is 2.69. The van der Waals surface area contributed by atoms with Crippen LogP contribution in [0, 0.1) is 94.7 Å². The molecule has 10 heterocycles. The van der Waals surface area contributed by atoms with Crippen LogP contribution in [-0.4, -0.2) is 310 Å². The lowest BCUT2D eigenvalue weighted by Crippen LogP contribution is -2.66. The number of hydrogen-bond donors (Lipinski definition) is 16. The van der Waals surface area contributed by atoms with Gasteiger partial charge in [0.25, 0.3) is 0 Å². The Bertz CT molecular complexity index is 2680.